The summed E-state index contributed by atoms with van der Waals surface area (Å²) in [5, 5.41) is 0. The zero-order valence-corrected chi connectivity index (χ0v) is 35.4. The molecule has 0 bridgehead atoms. The molecule has 0 fully saturated rings. The van der Waals surface area contributed by atoms with Crippen molar-refractivity contribution in [2.24, 2.45) is 0 Å². The van der Waals surface area contributed by atoms with Crippen molar-refractivity contribution in [3.05, 3.63) is 235 Å². The molecule has 3 nitrogen and oxygen atoms in total. The quantitative estimate of drug-likeness (QED) is 0.167. The molecule has 3 aromatic heterocycles. The van der Waals surface area contributed by atoms with Gasteiger partial charge in [-0.05, 0) is 125 Å². The third-order valence-electron chi connectivity index (χ3n) is 9.84. The molecule has 1 radical (unpaired) electrons. The summed E-state index contributed by atoms with van der Waals surface area (Å²) in [5.74, 6) is 0. The number of hydrogen-bond donors (Lipinski definition) is 0. The Morgan fingerprint density at radius 2 is 0.517 bits per heavy atom. The summed E-state index contributed by atoms with van der Waals surface area (Å²) in [7, 11) is 0. The Morgan fingerprint density at radius 1 is 0.259 bits per heavy atom. The van der Waals surface area contributed by atoms with E-state index in [1.165, 1.54) is 50.1 Å². The van der Waals surface area contributed by atoms with Crippen LogP contribution in [0.1, 0.15) is 16.7 Å². The summed E-state index contributed by atoms with van der Waals surface area (Å²) in [6.07, 6.45) is 5.49. The molecule has 0 unspecified atom stereocenters. The van der Waals surface area contributed by atoms with Gasteiger partial charge in [0.05, 0.1) is 17.1 Å². The van der Waals surface area contributed by atoms with Crippen molar-refractivity contribution in [2.75, 3.05) is 0 Å². The molecule has 4 heteroatoms. The molecule has 0 spiro atoms. The van der Waals surface area contributed by atoms with E-state index in [1.54, 1.807) is 0 Å². The summed E-state index contributed by atoms with van der Waals surface area (Å²) in [6.45, 7) is 6.42. The molecular weight excluding hydrogens is 883 g/mol. The molecule has 285 valence electrons. The van der Waals surface area contributed by atoms with E-state index in [2.05, 4.69) is 181 Å². The molecule has 9 rings (SSSR count). The van der Waals surface area contributed by atoms with Gasteiger partial charge in [0, 0.05) is 55.4 Å². The Balaban J connectivity index is 0.000000145. The molecule has 9 aromatic rings. The molecule has 0 saturated carbocycles. The standard InChI is InChI=1S/3C18H15N.Ir/c3*1-14-7-2-3-10-17(14)15-8-6-9-16(13-15)18-11-4-5-12-19-18;/h3*2-13H,1H3;. The van der Waals surface area contributed by atoms with Crippen molar-refractivity contribution < 1.29 is 20.1 Å². The molecule has 3 heterocycles. The normalized spacial score (nSPS) is 10.2. The number of hydrogen-bond acceptors (Lipinski definition) is 3. The van der Waals surface area contributed by atoms with Gasteiger partial charge in [0.2, 0.25) is 0 Å². The first-order valence-electron chi connectivity index (χ1n) is 19.3. The third-order valence-corrected chi connectivity index (χ3v) is 9.84. The van der Waals surface area contributed by atoms with E-state index < -0.39 is 0 Å². The largest absolute Gasteiger partial charge is 0.256 e. The van der Waals surface area contributed by atoms with Gasteiger partial charge in [-0.2, -0.15) is 0 Å². The minimum Gasteiger partial charge on any atom is -0.256 e. The number of rotatable bonds is 6. The van der Waals surface area contributed by atoms with Crippen LogP contribution >= 0.6 is 0 Å². The zero-order chi connectivity index (χ0) is 39.2. The number of nitrogens with zero attached hydrogens (tertiary/aromatic N) is 3. The maximum absolute atomic E-state index is 4.41. The van der Waals surface area contributed by atoms with Crippen LogP contribution in [0.25, 0.3) is 67.2 Å². The van der Waals surface area contributed by atoms with Crippen LogP contribution in [0.3, 0.4) is 0 Å². The molecule has 0 amide bonds. The van der Waals surface area contributed by atoms with Gasteiger partial charge in [0.1, 0.15) is 0 Å². The molecule has 0 aliphatic heterocycles. The number of pyridine rings is 3. The fraction of sp³-hybridized carbons (Fsp3) is 0.0556. The molecule has 58 heavy (non-hydrogen) atoms. The Kier molecular flexibility index (Phi) is 14.5. The average molecular weight is 928 g/mol. The monoisotopic (exact) mass is 928 g/mol. The van der Waals surface area contributed by atoms with Gasteiger partial charge in [-0.1, -0.05) is 146 Å². The van der Waals surface area contributed by atoms with Crippen LogP contribution in [-0.4, -0.2) is 15.0 Å². The van der Waals surface area contributed by atoms with Crippen LogP contribution in [0, 0.1) is 20.8 Å². The van der Waals surface area contributed by atoms with E-state index in [0.29, 0.717) is 0 Å². The number of aryl methyl sites for hydroxylation is 3. The minimum atomic E-state index is 0. The minimum absolute atomic E-state index is 0. The van der Waals surface area contributed by atoms with E-state index in [0.717, 1.165) is 33.8 Å². The van der Waals surface area contributed by atoms with Crippen LogP contribution in [0.5, 0.6) is 0 Å². The molecule has 0 aliphatic rings. The van der Waals surface area contributed by atoms with Crippen molar-refractivity contribution in [3.8, 4) is 67.2 Å². The van der Waals surface area contributed by atoms with Gasteiger partial charge >= 0.3 is 0 Å². The van der Waals surface area contributed by atoms with Crippen molar-refractivity contribution in [2.45, 2.75) is 20.8 Å². The Labute approximate surface area is 356 Å². The molecule has 0 atom stereocenters. The fourth-order valence-electron chi connectivity index (χ4n) is 6.83. The van der Waals surface area contributed by atoms with Gasteiger partial charge in [-0.25, -0.2) is 0 Å². The first kappa shape index (κ1) is 41.1. The summed E-state index contributed by atoms with van der Waals surface area (Å²) >= 11 is 0. The van der Waals surface area contributed by atoms with Crippen LogP contribution in [0.2, 0.25) is 0 Å². The van der Waals surface area contributed by atoms with Crippen LogP contribution < -0.4 is 0 Å². The Bertz CT molecular complexity index is 2360. The summed E-state index contributed by atoms with van der Waals surface area (Å²) < 4.78 is 0. The van der Waals surface area contributed by atoms with E-state index in [9.17, 15) is 0 Å². The maximum Gasteiger partial charge on any atom is 0.0702 e. The molecule has 0 N–H and O–H groups in total. The van der Waals surface area contributed by atoms with Gasteiger partial charge in [0.25, 0.3) is 0 Å². The smallest absolute Gasteiger partial charge is 0.0702 e. The summed E-state index contributed by atoms with van der Waals surface area (Å²) in [5.41, 5.74) is 17.9. The topological polar surface area (TPSA) is 38.7 Å². The second-order valence-corrected chi connectivity index (χ2v) is 13.8. The van der Waals surface area contributed by atoms with E-state index >= 15 is 0 Å². The second kappa shape index (κ2) is 20.5. The van der Waals surface area contributed by atoms with Crippen molar-refractivity contribution in [1.82, 2.24) is 15.0 Å². The van der Waals surface area contributed by atoms with Gasteiger partial charge in [0.15, 0.2) is 0 Å². The Hall–Kier alpha value is -6.58. The third kappa shape index (κ3) is 10.6. The van der Waals surface area contributed by atoms with E-state index in [1.807, 2.05) is 73.2 Å². The van der Waals surface area contributed by atoms with Gasteiger partial charge in [-0.15, -0.1) is 0 Å². The van der Waals surface area contributed by atoms with Crippen molar-refractivity contribution in [1.29, 1.82) is 0 Å². The first-order chi connectivity index (χ1) is 28.0. The Morgan fingerprint density at radius 3 is 0.776 bits per heavy atom. The van der Waals surface area contributed by atoms with E-state index in [4.69, 9.17) is 0 Å². The predicted molar refractivity (Wildman–Crippen MR) is 240 cm³/mol. The molecule has 0 aliphatic carbocycles. The summed E-state index contributed by atoms with van der Waals surface area (Å²) in [4.78, 5) is 13.2. The van der Waals surface area contributed by atoms with Crippen molar-refractivity contribution >= 4 is 0 Å². The summed E-state index contributed by atoms with van der Waals surface area (Å²) in [6, 6.07) is 68.9. The molecule has 6 aromatic carbocycles. The number of aromatic nitrogens is 3. The maximum atomic E-state index is 4.41. The van der Waals surface area contributed by atoms with Crippen LogP contribution in [0.15, 0.2) is 219 Å². The first-order valence-corrected chi connectivity index (χ1v) is 19.3. The van der Waals surface area contributed by atoms with E-state index in [-0.39, 0.29) is 20.1 Å². The fourth-order valence-corrected chi connectivity index (χ4v) is 6.83. The van der Waals surface area contributed by atoms with Crippen LogP contribution in [-0.2, 0) is 20.1 Å². The number of benzene rings is 6. The predicted octanol–water partition coefficient (Wildman–Crippen LogP) is 14.2. The average Bonchev–Trinajstić information content (AvgIpc) is 3.28. The zero-order valence-electron chi connectivity index (χ0n) is 33.0. The van der Waals surface area contributed by atoms with Gasteiger partial charge < -0.3 is 0 Å². The SMILES string of the molecule is Cc1ccccc1-c1cccc(-c2ccccn2)c1.Cc1ccccc1-c1cccc(-c2ccccn2)c1.Cc1ccccc1-c1cccc(-c2ccccn2)c1.[Ir]. The van der Waals surface area contributed by atoms with Gasteiger partial charge in [-0.3, -0.25) is 15.0 Å². The van der Waals surface area contributed by atoms with Crippen LogP contribution in [0.4, 0.5) is 0 Å². The molecular formula is C54H45IrN3. The molecule has 0 saturated heterocycles. The van der Waals surface area contributed by atoms with Crippen molar-refractivity contribution in [3.63, 3.8) is 0 Å². The second-order valence-electron chi connectivity index (χ2n) is 13.8.